The second kappa shape index (κ2) is 9.23. The molecule has 0 fully saturated rings. The lowest BCUT2D eigenvalue weighted by molar-refractivity contribution is -0.142. The summed E-state index contributed by atoms with van der Waals surface area (Å²) in [7, 11) is 0. The van der Waals surface area contributed by atoms with Gasteiger partial charge in [0.1, 0.15) is 11.6 Å². The predicted octanol–water partition coefficient (Wildman–Crippen LogP) is 5.28. The number of nitrogen functional groups attached to an aromatic ring is 1. The quantitative estimate of drug-likeness (QED) is 0.465. The molecule has 0 aromatic heterocycles. The van der Waals surface area contributed by atoms with Crippen LogP contribution in [0.2, 0.25) is 0 Å². The number of nitrogens with one attached hydrogen (secondary N) is 1. The smallest absolute Gasteiger partial charge is 0.418 e. The van der Waals surface area contributed by atoms with Crippen LogP contribution in [0, 0.1) is 0 Å². The summed E-state index contributed by atoms with van der Waals surface area (Å²) in [4.78, 5) is 26.1. The summed E-state index contributed by atoms with van der Waals surface area (Å²) in [5.41, 5.74) is -0.725. The summed E-state index contributed by atoms with van der Waals surface area (Å²) >= 11 is 0. The minimum Gasteiger partial charge on any atom is -0.444 e. The largest absolute Gasteiger partial charge is 0.444 e. The van der Waals surface area contributed by atoms with E-state index in [1.54, 1.807) is 20.8 Å². The highest BCUT2D eigenvalue weighted by Crippen LogP contribution is 2.42. The first-order chi connectivity index (χ1) is 13.9. The van der Waals surface area contributed by atoms with Crippen LogP contribution >= 0.6 is 0 Å². The van der Waals surface area contributed by atoms with Crippen LogP contribution in [0.1, 0.15) is 52.2 Å². The number of alkyl halides is 6. The number of rotatable bonds is 5. The van der Waals surface area contributed by atoms with Crippen LogP contribution in [-0.2, 0) is 21.9 Å². The van der Waals surface area contributed by atoms with Crippen LogP contribution in [-0.4, -0.2) is 35.1 Å². The van der Waals surface area contributed by atoms with Gasteiger partial charge in [-0.05, 0) is 46.2 Å². The Labute approximate surface area is 175 Å². The van der Waals surface area contributed by atoms with E-state index < -0.39 is 58.5 Å². The lowest BCUT2D eigenvalue weighted by Crippen LogP contribution is -2.48. The standard InChI is InChI=1S/C19H25F6N3O3/c1-6-13(28(7-2)16(30)31-17(3,4)5)15(29)27-14-11(19(23,24)25)8-10(9-12(14)26)18(20,21)22/h8-9,13H,6-7,26H2,1-5H3,(H,27,29). The normalized spacial score (nSPS) is 13.5. The van der Waals surface area contributed by atoms with Gasteiger partial charge >= 0.3 is 18.4 Å². The van der Waals surface area contributed by atoms with Crippen molar-refractivity contribution in [2.45, 2.75) is 65.0 Å². The molecule has 1 unspecified atom stereocenters. The molecule has 0 bridgehead atoms. The first-order valence-electron chi connectivity index (χ1n) is 9.30. The number of likely N-dealkylation sites (N-methyl/N-ethyl adjacent to an activating group) is 1. The zero-order valence-corrected chi connectivity index (χ0v) is 17.7. The highest BCUT2D eigenvalue weighted by molar-refractivity contribution is 5.99. The summed E-state index contributed by atoms with van der Waals surface area (Å²) in [5, 5.41) is 1.95. The van der Waals surface area contributed by atoms with Gasteiger partial charge < -0.3 is 15.8 Å². The van der Waals surface area contributed by atoms with Gasteiger partial charge in [-0.3, -0.25) is 9.69 Å². The summed E-state index contributed by atoms with van der Waals surface area (Å²) < 4.78 is 84.2. The Balaban J connectivity index is 3.36. The van der Waals surface area contributed by atoms with Crippen LogP contribution < -0.4 is 11.1 Å². The number of carbonyl (C=O) groups is 2. The Morgan fingerprint density at radius 1 is 1.06 bits per heavy atom. The van der Waals surface area contributed by atoms with Crippen molar-refractivity contribution >= 4 is 23.4 Å². The van der Waals surface area contributed by atoms with E-state index in [0.29, 0.717) is 6.07 Å². The number of carbonyl (C=O) groups excluding carboxylic acids is 2. The molecule has 0 aliphatic rings. The van der Waals surface area contributed by atoms with Gasteiger partial charge in [0.15, 0.2) is 0 Å². The van der Waals surface area contributed by atoms with Gasteiger partial charge in [0.2, 0.25) is 5.91 Å². The minimum absolute atomic E-state index is 0.000800. The molecule has 0 heterocycles. The summed E-state index contributed by atoms with van der Waals surface area (Å²) in [5.74, 6) is -1.05. The molecular formula is C19H25F6N3O3. The highest BCUT2D eigenvalue weighted by Gasteiger charge is 2.40. The molecule has 0 saturated carbocycles. The molecule has 1 aromatic rings. The van der Waals surface area contributed by atoms with Crippen molar-refractivity contribution in [2.24, 2.45) is 0 Å². The topological polar surface area (TPSA) is 84.7 Å². The number of anilines is 2. The molecule has 12 heteroatoms. The Hall–Kier alpha value is -2.66. The third kappa shape index (κ3) is 6.93. The maximum absolute atomic E-state index is 13.4. The van der Waals surface area contributed by atoms with Crippen molar-refractivity contribution in [3.05, 3.63) is 23.3 Å². The fourth-order valence-corrected chi connectivity index (χ4v) is 2.74. The highest BCUT2D eigenvalue weighted by atomic mass is 19.4. The van der Waals surface area contributed by atoms with Crippen molar-refractivity contribution in [1.82, 2.24) is 4.90 Å². The SMILES string of the molecule is CCC(C(=O)Nc1c(N)cc(C(F)(F)F)cc1C(F)(F)F)N(CC)C(=O)OC(C)(C)C. The molecule has 0 aliphatic heterocycles. The zero-order chi connectivity index (χ0) is 24.4. The number of hydrogen-bond donors (Lipinski definition) is 2. The molecule has 1 rings (SSSR count). The van der Waals surface area contributed by atoms with Gasteiger partial charge in [-0.1, -0.05) is 6.92 Å². The predicted molar refractivity (Wildman–Crippen MR) is 102 cm³/mol. The molecular weight excluding hydrogens is 432 g/mol. The zero-order valence-electron chi connectivity index (χ0n) is 17.7. The van der Waals surface area contributed by atoms with E-state index in [0.717, 1.165) is 4.90 Å². The third-order valence-electron chi connectivity index (χ3n) is 4.08. The number of benzene rings is 1. The van der Waals surface area contributed by atoms with Crippen LogP contribution in [0.5, 0.6) is 0 Å². The van der Waals surface area contributed by atoms with Gasteiger partial charge in [0.25, 0.3) is 0 Å². The second-order valence-corrected chi connectivity index (χ2v) is 7.66. The van der Waals surface area contributed by atoms with E-state index in [9.17, 15) is 35.9 Å². The van der Waals surface area contributed by atoms with E-state index in [1.807, 2.05) is 5.32 Å². The minimum atomic E-state index is -5.23. The molecule has 0 saturated heterocycles. The van der Waals surface area contributed by atoms with Crippen molar-refractivity contribution in [3.8, 4) is 0 Å². The van der Waals surface area contributed by atoms with E-state index >= 15 is 0 Å². The second-order valence-electron chi connectivity index (χ2n) is 7.66. The molecule has 0 radical (unpaired) electrons. The molecule has 176 valence electrons. The Morgan fingerprint density at radius 2 is 1.61 bits per heavy atom. The summed E-state index contributed by atoms with van der Waals surface area (Å²) in [6.07, 6.45) is -11.2. The average molecular weight is 457 g/mol. The number of nitrogens with zero attached hydrogens (tertiary/aromatic N) is 1. The Bertz CT molecular complexity index is 816. The van der Waals surface area contributed by atoms with Crippen molar-refractivity contribution in [2.75, 3.05) is 17.6 Å². The molecule has 1 aromatic carbocycles. The van der Waals surface area contributed by atoms with Crippen LogP contribution in [0.15, 0.2) is 12.1 Å². The first kappa shape index (κ1) is 26.4. The molecule has 0 spiro atoms. The maximum Gasteiger partial charge on any atom is 0.418 e. The summed E-state index contributed by atoms with van der Waals surface area (Å²) in [6, 6.07) is -1.07. The molecule has 0 aliphatic carbocycles. The lowest BCUT2D eigenvalue weighted by atomic mass is 10.0. The van der Waals surface area contributed by atoms with Crippen LogP contribution in [0.25, 0.3) is 0 Å². The third-order valence-corrected chi connectivity index (χ3v) is 4.08. The monoisotopic (exact) mass is 457 g/mol. The van der Waals surface area contributed by atoms with Crippen molar-refractivity contribution < 1.29 is 40.7 Å². The average Bonchev–Trinajstić information content (AvgIpc) is 2.57. The molecule has 6 nitrogen and oxygen atoms in total. The summed E-state index contributed by atoms with van der Waals surface area (Å²) in [6.45, 7) is 7.83. The van der Waals surface area contributed by atoms with Gasteiger partial charge in [0, 0.05) is 6.54 Å². The molecule has 3 N–H and O–H groups in total. The van der Waals surface area contributed by atoms with Gasteiger partial charge in [-0.15, -0.1) is 0 Å². The number of halogens is 6. The fraction of sp³-hybridized carbons (Fsp3) is 0.579. The van der Waals surface area contributed by atoms with Crippen LogP contribution in [0.3, 0.4) is 0 Å². The first-order valence-corrected chi connectivity index (χ1v) is 9.30. The van der Waals surface area contributed by atoms with Crippen molar-refractivity contribution in [3.63, 3.8) is 0 Å². The van der Waals surface area contributed by atoms with E-state index in [1.165, 1.54) is 13.8 Å². The Kier molecular flexibility index (Phi) is 7.85. The van der Waals surface area contributed by atoms with Crippen molar-refractivity contribution in [1.29, 1.82) is 0 Å². The number of nitrogens with two attached hydrogens (primary N) is 1. The number of amides is 2. The molecule has 2 amide bonds. The lowest BCUT2D eigenvalue weighted by Gasteiger charge is -2.32. The van der Waals surface area contributed by atoms with E-state index in [-0.39, 0.29) is 19.0 Å². The van der Waals surface area contributed by atoms with E-state index in [2.05, 4.69) is 0 Å². The van der Waals surface area contributed by atoms with E-state index in [4.69, 9.17) is 10.5 Å². The van der Waals surface area contributed by atoms with Crippen LogP contribution in [0.4, 0.5) is 42.5 Å². The molecule has 31 heavy (non-hydrogen) atoms. The maximum atomic E-state index is 13.4. The van der Waals surface area contributed by atoms with Gasteiger partial charge in [-0.2, -0.15) is 26.3 Å². The Morgan fingerprint density at radius 3 is 2.00 bits per heavy atom. The number of hydrogen-bond acceptors (Lipinski definition) is 4. The van der Waals surface area contributed by atoms with Gasteiger partial charge in [0.05, 0.1) is 22.5 Å². The van der Waals surface area contributed by atoms with Gasteiger partial charge in [-0.25, -0.2) is 4.79 Å². The molecule has 1 atom stereocenters. The fourth-order valence-electron chi connectivity index (χ4n) is 2.74. The number of ether oxygens (including phenoxy) is 1.